The molecule has 3 heterocycles. The largest absolute Gasteiger partial charge is 0.460 e. The first-order valence-electron chi connectivity index (χ1n) is 9.18. The normalized spacial score (nSPS) is 22.6. The van der Waals surface area contributed by atoms with Gasteiger partial charge in [0, 0.05) is 31.3 Å². The summed E-state index contributed by atoms with van der Waals surface area (Å²) in [5, 5.41) is 3.92. The van der Waals surface area contributed by atoms with Crippen LogP contribution in [-0.4, -0.2) is 41.7 Å². The second kappa shape index (κ2) is 6.58. The first-order valence-corrected chi connectivity index (χ1v) is 9.18. The molecule has 0 N–H and O–H groups in total. The van der Waals surface area contributed by atoms with Crippen molar-refractivity contribution in [3.63, 3.8) is 0 Å². The maximum atomic E-state index is 13.4. The van der Waals surface area contributed by atoms with Gasteiger partial charge in [-0.25, -0.2) is 18.6 Å². The van der Waals surface area contributed by atoms with Crippen LogP contribution in [0.3, 0.4) is 0 Å². The van der Waals surface area contributed by atoms with E-state index in [2.05, 4.69) is 10.1 Å². The van der Waals surface area contributed by atoms with E-state index in [1.54, 1.807) is 13.0 Å². The fraction of sp³-hybridized carbons (Fsp3) is 0.526. The number of anilines is 1. The molecular formula is C19H21F2N3O3. The summed E-state index contributed by atoms with van der Waals surface area (Å²) in [7, 11) is 0. The van der Waals surface area contributed by atoms with Crippen molar-refractivity contribution in [2.24, 2.45) is 11.8 Å². The Balaban J connectivity index is 1.47. The molecule has 1 saturated carbocycles. The van der Waals surface area contributed by atoms with E-state index in [4.69, 9.17) is 9.26 Å². The van der Waals surface area contributed by atoms with Gasteiger partial charge in [0.1, 0.15) is 5.82 Å². The highest BCUT2D eigenvalue weighted by molar-refractivity contribution is 5.86. The zero-order valence-electron chi connectivity index (χ0n) is 15.2. The van der Waals surface area contributed by atoms with Gasteiger partial charge < -0.3 is 14.2 Å². The van der Waals surface area contributed by atoms with Gasteiger partial charge in [-0.3, -0.25) is 0 Å². The fourth-order valence-corrected chi connectivity index (χ4v) is 3.75. The van der Waals surface area contributed by atoms with Crippen LogP contribution in [0.15, 0.2) is 22.7 Å². The average molecular weight is 377 g/mol. The molecule has 2 atom stereocenters. The zero-order chi connectivity index (χ0) is 19.2. The second-order valence-corrected chi connectivity index (χ2v) is 7.00. The van der Waals surface area contributed by atoms with Gasteiger partial charge in [-0.05, 0) is 25.0 Å². The predicted octanol–water partition coefficient (Wildman–Crippen LogP) is 3.10. The Morgan fingerprint density at radius 2 is 2.07 bits per heavy atom. The van der Waals surface area contributed by atoms with E-state index in [1.165, 1.54) is 0 Å². The van der Waals surface area contributed by atoms with Crippen molar-refractivity contribution in [2.45, 2.75) is 32.6 Å². The van der Waals surface area contributed by atoms with Gasteiger partial charge in [-0.1, -0.05) is 18.1 Å². The lowest BCUT2D eigenvalue weighted by Crippen LogP contribution is -2.28. The molecule has 2 aliphatic rings. The van der Waals surface area contributed by atoms with E-state index in [0.717, 1.165) is 17.1 Å². The molecule has 2 aromatic rings. The average Bonchev–Trinajstić information content (AvgIpc) is 3.11. The molecule has 2 fully saturated rings. The van der Waals surface area contributed by atoms with Crippen molar-refractivity contribution in [3.05, 3.63) is 40.9 Å². The number of halogens is 2. The predicted molar refractivity (Wildman–Crippen MR) is 93.0 cm³/mol. The van der Waals surface area contributed by atoms with Crippen LogP contribution in [0.25, 0.3) is 0 Å². The zero-order valence-corrected chi connectivity index (χ0v) is 15.2. The minimum atomic E-state index is -2.49. The summed E-state index contributed by atoms with van der Waals surface area (Å²) in [6, 6.07) is 5.38. The van der Waals surface area contributed by atoms with Crippen molar-refractivity contribution < 1.29 is 22.8 Å². The number of alkyl halides is 2. The van der Waals surface area contributed by atoms with Crippen LogP contribution in [0.5, 0.6) is 0 Å². The number of aryl methyl sites for hydroxylation is 1. The van der Waals surface area contributed by atoms with E-state index in [1.807, 2.05) is 24.0 Å². The number of pyridine rings is 1. The summed E-state index contributed by atoms with van der Waals surface area (Å²) in [5.74, 6) is -3.27. The molecule has 27 heavy (non-hydrogen) atoms. The Kier molecular flexibility index (Phi) is 4.36. The van der Waals surface area contributed by atoms with Crippen molar-refractivity contribution in [3.8, 4) is 0 Å². The fourth-order valence-electron chi connectivity index (χ4n) is 3.75. The molecule has 1 aliphatic carbocycles. The van der Waals surface area contributed by atoms with Crippen LogP contribution < -0.4 is 4.90 Å². The van der Waals surface area contributed by atoms with Gasteiger partial charge in [0.25, 0.3) is 5.92 Å². The molecule has 2 aromatic heterocycles. The number of aromatic nitrogens is 2. The lowest BCUT2D eigenvalue weighted by Gasteiger charge is -2.22. The standard InChI is InChI=1S/C19H21F2N3O3/c1-3-15-11(7-12-8-16(27-23-12)18(25)26-4-2)5-6-17(22-15)24-9-13-14(10-24)19(13,20)21/h5-6,8,13-14H,3-4,7,9-10H2,1-2H3. The maximum absolute atomic E-state index is 13.4. The Hall–Kier alpha value is -2.51. The summed E-state index contributed by atoms with van der Waals surface area (Å²) < 4.78 is 36.7. The van der Waals surface area contributed by atoms with Gasteiger partial charge in [0.15, 0.2) is 0 Å². The molecule has 0 amide bonds. The summed E-state index contributed by atoms with van der Waals surface area (Å²) in [5.41, 5.74) is 2.48. The summed E-state index contributed by atoms with van der Waals surface area (Å²) in [6.45, 7) is 4.71. The quantitative estimate of drug-likeness (QED) is 0.721. The third-order valence-electron chi connectivity index (χ3n) is 5.32. The number of esters is 1. The highest BCUT2D eigenvalue weighted by atomic mass is 19.3. The van der Waals surface area contributed by atoms with E-state index in [9.17, 15) is 13.6 Å². The van der Waals surface area contributed by atoms with E-state index < -0.39 is 23.7 Å². The molecule has 0 bridgehead atoms. The molecule has 2 unspecified atom stereocenters. The van der Waals surface area contributed by atoms with Crippen LogP contribution in [0, 0.1) is 11.8 Å². The van der Waals surface area contributed by atoms with Crippen LogP contribution in [0.2, 0.25) is 0 Å². The van der Waals surface area contributed by atoms with Crippen LogP contribution in [0.1, 0.15) is 41.4 Å². The van der Waals surface area contributed by atoms with Crippen molar-refractivity contribution in [2.75, 3.05) is 24.6 Å². The molecule has 8 heteroatoms. The van der Waals surface area contributed by atoms with E-state index in [-0.39, 0.29) is 12.4 Å². The second-order valence-electron chi connectivity index (χ2n) is 7.00. The number of fused-ring (bicyclic) bond motifs is 1. The molecule has 0 spiro atoms. The smallest absolute Gasteiger partial charge is 0.377 e. The summed E-state index contributed by atoms with van der Waals surface area (Å²) >= 11 is 0. The van der Waals surface area contributed by atoms with E-state index >= 15 is 0 Å². The highest BCUT2D eigenvalue weighted by Crippen LogP contribution is 2.59. The Morgan fingerprint density at radius 3 is 2.74 bits per heavy atom. The first kappa shape index (κ1) is 17.9. The first-order chi connectivity index (χ1) is 12.9. The topological polar surface area (TPSA) is 68.5 Å². The van der Waals surface area contributed by atoms with Gasteiger partial charge in [0.2, 0.25) is 5.76 Å². The number of hydrogen-bond acceptors (Lipinski definition) is 6. The monoisotopic (exact) mass is 377 g/mol. The number of hydrogen-bond donors (Lipinski definition) is 0. The van der Waals surface area contributed by atoms with Crippen LogP contribution in [0.4, 0.5) is 14.6 Å². The third-order valence-corrected chi connectivity index (χ3v) is 5.32. The summed E-state index contributed by atoms with van der Waals surface area (Å²) in [4.78, 5) is 18.3. The minimum absolute atomic E-state index is 0.0756. The number of carbonyl (C=O) groups excluding carboxylic acids is 1. The van der Waals surface area contributed by atoms with Crippen molar-refractivity contribution in [1.82, 2.24) is 10.1 Å². The molecular weight excluding hydrogens is 356 g/mol. The number of ether oxygens (including phenoxy) is 1. The van der Waals surface area contributed by atoms with Gasteiger partial charge in [-0.15, -0.1) is 0 Å². The number of piperidine rings is 1. The van der Waals surface area contributed by atoms with Crippen LogP contribution in [-0.2, 0) is 17.6 Å². The number of nitrogens with zero attached hydrogens (tertiary/aromatic N) is 3. The number of carbonyl (C=O) groups is 1. The molecule has 0 radical (unpaired) electrons. The van der Waals surface area contributed by atoms with Crippen molar-refractivity contribution >= 4 is 11.8 Å². The van der Waals surface area contributed by atoms with Crippen molar-refractivity contribution in [1.29, 1.82) is 0 Å². The lowest BCUT2D eigenvalue weighted by atomic mass is 10.1. The number of rotatable bonds is 6. The molecule has 0 aromatic carbocycles. The minimum Gasteiger partial charge on any atom is -0.460 e. The third kappa shape index (κ3) is 3.17. The van der Waals surface area contributed by atoms with Gasteiger partial charge in [0.05, 0.1) is 24.1 Å². The van der Waals surface area contributed by atoms with Gasteiger partial charge in [-0.2, -0.15) is 0 Å². The molecule has 6 nitrogen and oxygen atoms in total. The lowest BCUT2D eigenvalue weighted by molar-refractivity contribution is 0.0479. The Bertz CT molecular complexity index is 854. The highest BCUT2D eigenvalue weighted by Gasteiger charge is 2.71. The summed E-state index contributed by atoms with van der Waals surface area (Å²) in [6.07, 6.45) is 1.19. The van der Waals surface area contributed by atoms with E-state index in [0.29, 0.717) is 31.6 Å². The molecule has 144 valence electrons. The molecule has 1 saturated heterocycles. The molecule has 1 aliphatic heterocycles. The van der Waals surface area contributed by atoms with Crippen LogP contribution >= 0.6 is 0 Å². The molecule has 4 rings (SSSR count). The Labute approximate surface area is 155 Å². The maximum Gasteiger partial charge on any atom is 0.377 e. The Morgan fingerprint density at radius 1 is 1.33 bits per heavy atom. The van der Waals surface area contributed by atoms with Gasteiger partial charge >= 0.3 is 5.97 Å². The SMILES string of the molecule is CCOC(=O)c1cc(Cc2ccc(N3CC4C(C3)C4(F)F)nc2CC)no1.